The second-order valence-corrected chi connectivity index (χ2v) is 7.03. The zero-order chi connectivity index (χ0) is 17.9. The third-order valence-corrected chi connectivity index (χ3v) is 4.97. The first kappa shape index (κ1) is 16.9. The molecular weight excluding hydrogens is 328 g/mol. The Morgan fingerprint density at radius 1 is 1.12 bits per heavy atom. The molecule has 26 heavy (non-hydrogen) atoms. The van der Waals surface area contributed by atoms with Crippen LogP contribution in [0.25, 0.3) is 0 Å². The fourth-order valence-corrected chi connectivity index (χ4v) is 3.60. The van der Waals surface area contributed by atoms with E-state index < -0.39 is 0 Å². The summed E-state index contributed by atoms with van der Waals surface area (Å²) in [4.78, 5) is 16.6. The minimum atomic E-state index is -0.0650. The standard InChI is InChI=1S/C21H24N2O3/c1-22(13-18-15-25-19-8-4-5-9-20(19)26-18)14-21(24)23-11-10-16-6-2-3-7-17(16)12-23/h2-9,18H,10-15H2,1H3. The van der Waals surface area contributed by atoms with Crippen LogP contribution in [0.1, 0.15) is 11.1 Å². The number of hydrogen-bond acceptors (Lipinski definition) is 4. The number of amides is 1. The Morgan fingerprint density at radius 3 is 2.69 bits per heavy atom. The van der Waals surface area contributed by atoms with Crippen LogP contribution < -0.4 is 9.47 Å². The number of carbonyl (C=O) groups excluding carboxylic acids is 1. The summed E-state index contributed by atoms with van der Waals surface area (Å²) < 4.78 is 11.7. The first-order valence-corrected chi connectivity index (χ1v) is 9.10. The zero-order valence-electron chi connectivity index (χ0n) is 15.1. The van der Waals surface area contributed by atoms with Crippen molar-refractivity contribution in [3.05, 3.63) is 59.7 Å². The topological polar surface area (TPSA) is 42.0 Å². The van der Waals surface area contributed by atoms with Crippen LogP contribution in [0.4, 0.5) is 0 Å². The monoisotopic (exact) mass is 352 g/mol. The van der Waals surface area contributed by atoms with Crippen molar-refractivity contribution in [1.29, 1.82) is 0 Å². The lowest BCUT2D eigenvalue weighted by atomic mass is 10.00. The molecule has 0 radical (unpaired) electrons. The maximum absolute atomic E-state index is 12.7. The Morgan fingerprint density at radius 2 is 1.85 bits per heavy atom. The minimum absolute atomic E-state index is 0.0650. The SMILES string of the molecule is CN(CC(=O)N1CCc2ccccc2C1)CC1COc2ccccc2O1. The highest BCUT2D eigenvalue weighted by atomic mass is 16.6. The van der Waals surface area contributed by atoms with E-state index >= 15 is 0 Å². The Bertz CT molecular complexity index is 792. The molecule has 2 aliphatic rings. The minimum Gasteiger partial charge on any atom is -0.486 e. The van der Waals surface area contributed by atoms with Gasteiger partial charge in [-0.3, -0.25) is 9.69 Å². The van der Waals surface area contributed by atoms with Crippen molar-refractivity contribution in [1.82, 2.24) is 9.80 Å². The quantitative estimate of drug-likeness (QED) is 0.847. The Kier molecular flexibility index (Phi) is 4.80. The summed E-state index contributed by atoms with van der Waals surface area (Å²) in [6, 6.07) is 16.1. The molecule has 1 amide bonds. The second kappa shape index (κ2) is 7.38. The average Bonchev–Trinajstić information content (AvgIpc) is 2.67. The molecule has 0 spiro atoms. The highest BCUT2D eigenvalue weighted by molar-refractivity contribution is 5.78. The van der Waals surface area contributed by atoms with Gasteiger partial charge < -0.3 is 14.4 Å². The molecule has 0 bridgehead atoms. The molecular formula is C21H24N2O3. The fourth-order valence-electron chi connectivity index (χ4n) is 3.60. The molecule has 0 N–H and O–H groups in total. The van der Waals surface area contributed by atoms with Gasteiger partial charge in [-0.25, -0.2) is 0 Å². The van der Waals surface area contributed by atoms with Gasteiger partial charge >= 0.3 is 0 Å². The van der Waals surface area contributed by atoms with Crippen molar-refractivity contribution in [2.75, 3.05) is 33.3 Å². The smallest absolute Gasteiger partial charge is 0.237 e. The Balaban J connectivity index is 1.30. The molecule has 2 aliphatic heterocycles. The van der Waals surface area contributed by atoms with E-state index in [0.29, 0.717) is 26.2 Å². The molecule has 2 aromatic rings. The lowest BCUT2D eigenvalue weighted by molar-refractivity contribution is -0.133. The van der Waals surface area contributed by atoms with Crippen LogP contribution in [0.3, 0.4) is 0 Å². The van der Waals surface area contributed by atoms with Crippen LogP contribution in [0.5, 0.6) is 11.5 Å². The third-order valence-electron chi connectivity index (χ3n) is 4.97. The summed E-state index contributed by atoms with van der Waals surface area (Å²) >= 11 is 0. The number of ether oxygens (including phenoxy) is 2. The van der Waals surface area contributed by atoms with Crippen molar-refractivity contribution in [2.24, 2.45) is 0 Å². The summed E-state index contributed by atoms with van der Waals surface area (Å²) in [6.07, 6.45) is 0.868. The van der Waals surface area contributed by atoms with Crippen LogP contribution in [-0.2, 0) is 17.8 Å². The molecule has 5 nitrogen and oxygen atoms in total. The molecule has 2 aromatic carbocycles. The van der Waals surface area contributed by atoms with E-state index in [4.69, 9.17) is 9.47 Å². The summed E-state index contributed by atoms with van der Waals surface area (Å²) in [5.74, 6) is 1.73. The highest BCUT2D eigenvalue weighted by Gasteiger charge is 2.25. The maximum Gasteiger partial charge on any atom is 0.237 e. The average molecular weight is 352 g/mol. The van der Waals surface area contributed by atoms with Gasteiger partial charge in [0.05, 0.1) is 6.54 Å². The van der Waals surface area contributed by atoms with Crippen molar-refractivity contribution in [3.8, 4) is 11.5 Å². The van der Waals surface area contributed by atoms with Crippen LogP contribution in [0, 0.1) is 0 Å². The molecule has 0 saturated heterocycles. The number of likely N-dealkylation sites (N-methyl/N-ethyl adjacent to an activating group) is 1. The maximum atomic E-state index is 12.7. The number of para-hydroxylation sites is 2. The van der Waals surface area contributed by atoms with Crippen LogP contribution in [0.2, 0.25) is 0 Å². The van der Waals surface area contributed by atoms with Crippen LogP contribution >= 0.6 is 0 Å². The van der Waals surface area contributed by atoms with Gasteiger partial charge in [0.25, 0.3) is 0 Å². The molecule has 0 saturated carbocycles. The molecule has 5 heteroatoms. The molecule has 4 rings (SSSR count). The van der Waals surface area contributed by atoms with Crippen LogP contribution in [-0.4, -0.2) is 55.1 Å². The van der Waals surface area contributed by atoms with E-state index in [1.165, 1.54) is 11.1 Å². The van der Waals surface area contributed by atoms with Crippen molar-refractivity contribution >= 4 is 5.91 Å². The number of carbonyl (C=O) groups is 1. The summed E-state index contributed by atoms with van der Waals surface area (Å²) in [6.45, 7) is 3.06. The van der Waals surface area contributed by atoms with Gasteiger partial charge in [-0.1, -0.05) is 36.4 Å². The van der Waals surface area contributed by atoms with Gasteiger partial charge in [-0.2, -0.15) is 0 Å². The van der Waals surface area contributed by atoms with Crippen LogP contribution in [0.15, 0.2) is 48.5 Å². The Hall–Kier alpha value is -2.53. The van der Waals surface area contributed by atoms with Gasteiger partial charge in [0, 0.05) is 19.6 Å². The van der Waals surface area contributed by atoms with E-state index in [1.54, 1.807) is 0 Å². The van der Waals surface area contributed by atoms with Gasteiger partial charge in [0.2, 0.25) is 5.91 Å². The zero-order valence-corrected chi connectivity index (χ0v) is 15.1. The summed E-state index contributed by atoms with van der Waals surface area (Å²) in [7, 11) is 1.96. The molecule has 0 aromatic heterocycles. The van der Waals surface area contributed by atoms with Gasteiger partial charge in [0.15, 0.2) is 11.5 Å². The predicted molar refractivity (Wildman–Crippen MR) is 99.4 cm³/mol. The first-order valence-electron chi connectivity index (χ1n) is 9.10. The lowest BCUT2D eigenvalue weighted by Gasteiger charge is -2.32. The summed E-state index contributed by atoms with van der Waals surface area (Å²) in [5.41, 5.74) is 2.62. The van der Waals surface area contributed by atoms with Crippen molar-refractivity contribution in [2.45, 2.75) is 19.1 Å². The fraction of sp³-hybridized carbons (Fsp3) is 0.381. The predicted octanol–water partition coefficient (Wildman–Crippen LogP) is 2.34. The van der Waals surface area contributed by atoms with Gasteiger partial charge in [-0.05, 0) is 36.7 Å². The van der Waals surface area contributed by atoms with Gasteiger partial charge in [0.1, 0.15) is 12.7 Å². The lowest BCUT2D eigenvalue weighted by Crippen LogP contribution is -2.45. The third kappa shape index (κ3) is 3.68. The number of benzene rings is 2. The first-order chi connectivity index (χ1) is 12.7. The molecule has 0 fully saturated rings. The number of nitrogens with zero attached hydrogens (tertiary/aromatic N) is 2. The van der Waals surface area contributed by atoms with Crippen molar-refractivity contribution < 1.29 is 14.3 Å². The molecule has 1 atom stereocenters. The van der Waals surface area contributed by atoms with E-state index in [9.17, 15) is 4.79 Å². The van der Waals surface area contributed by atoms with E-state index in [1.807, 2.05) is 47.2 Å². The number of rotatable bonds is 4. The highest BCUT2D eigenvalue weighted by Crippen LogP contribution is 2.31. The molecule has 2 heterocycles. The second-order valence-electron chi connectivity index (χ2n) is 7.03. The van der Waals surface area contributed by atoms with Gasteiger partial charge in [-0.15, -0.1) is 0 Å². The number of fused-ring (bicyclic) bond motifs is 2. The summed E-state index contributed by atoms with van der Waals surface area (Å²) in [5, 5.41) is 0. The molecule has 136 valence electrons. The van der Waals surface area contributed by atoms with Crippen molar-refractivity contribution in [3.63, 3.8) is 0 Å². The normalized spacial score (nSPS) is 18.5. The Labute approximate surface area is 154 Å². The van der Waals surface area contributed by atoms with E-state index in [0.717, 1.165) is 24.5 Å². The molecule has 0 aliphatic carbocycles. The molecule has 1 unspecified atom stereocenters. The largest absolute Gasteiger partial charge is 0.486 e. The van der Waals surface area contributed by atoms with E-state index in [-0.39, 0.29) is 12.0 Å². The number of hydrogen-bond donors (Lipinski definition) is 0. The van der Waals surface area contributed by atoms with E-state index in [2.05, 4.69) is 18.2 Å².